The zero-order chi connectivity index (χ0) is 14.0. The lowest BCUT2D eigenvalue weighted by atomic mass is 10.1. The van der Waals surface area contributed by atoms with Crippen molar-refractivity contribution in [2.24, 2.45) is 5.92 Å². The first-order chi connectivity index (χ1) is 9.02. The van der Waals surface area contributed by atoms with E-state index in [4.69, 9.17) is 9.84 Å². The highest BCUT2D eigenvalue weighted by molar-refractivity contribution is 5.96. The maximum atomic E-state index is 13.5. The molecule has 1 unspecified atom stereocenters. The van der Waals surface area contributed by atoms with Crippen molar-refractivity contribution in [2.45, 2.75) is 18.9 Å². The second-order valence-corrected chi connectivity index (χ2v) is 4.48. The van der Waals surface area contributed by atoms with Crippen LogP contribution in [0, 0.1) is 11.7 Å². The second kappa shape index (κ2) is 5.26. The smallest absolute Gasteiger partial charge is 0.326 e. The summed E-state index contributed by atoms with van der Waals surface area (Å²) in [5.41, 5.74) is 0.0743. The monoisotopic (exact) mass is 267 g/mol. The molecule has 0 heterocycles. The van der Waals surface area contributed by atoms with Crippen LogP contribution in [-0.4, -0.2) is 30.1 Å². The molecule has 1 aliphatic rings. The van der Waals surface area contributed by atoms with Gasteiger partial charge in [0.05, 0.1) is 7.11 Å². The number of benzene rings is 1. The topological polar surface area (TPSA) is 75.6 Å². The fraction of sp³-hybridized carbons (Fsp3) is 0.385. The Labute approximate surface area is 109 Å². The molecule has 0 aromatic heterocycles. The molecule has 0 radical (unpaired) electrons. The number of rotatable bonds is 5. The number of amides is 1. The van der Waals surface area contributed by atoms with E-state index >= 15 is 0 Å². The van der Waals surface area contributed by atoms with E-state index in [1.165, 1.54) is 19.2 Å². The van der Waals surface area contributed by atoms with Gasteiger partial charge < -0.3 is 15.2 Å². The Morgan fingerprint density at radius 2 is 2.16 bits per heavy atom. The Kier molecular flexibility index (Phi) is 3.69. The number of aliphatic carboxylic acids is 1. The Morgan fingerprint density at radius 1 is 1.47 bits per heavy atom. The third-order valence-electron chi connectivity index (χ3n) is 3.06. The van der Waals surface area contributed by atoms with Crippen molar-refractivity contribution < 1.29 is 23.8 Å². The minimum atomic E-state index is -1.06. The van der Waals surface area contributed by atoms with Crippen LogP contribution in [0.15, 0.2) is 18.2 Å². The van der Waals surface area contributed by atoms with E-state index in [0.29, 0.717) is 0 Å². The molecule has 0 bridgehead atoms. The van der Waals surface area contributed by atoms with Crippen LogP contribution in [0.4, 0.5) is 4.39 Å². The zero-order valence-electron chi connectivity index (χ0n) is 10.4. The SMILES string of the molecule is COc1ccc(C(=O)NC(C(=O)O)C2CC2)cc1F. The van der Waals surface area contributed by atoms with E-state index in [9.17, 15) is 14.0 Å². The summed E-state index contributed by atoms with van der Waals surface area (Å²) in [6, 6.07) is 2.85. The van der Waals surface area contributed by atoms with Crippen LogP contribution in [0.3, 0.4) is 0 Å². The summed E-state index contributed by atoms with van der Waals surface area (Å²) in [5.74, 6) is -2.31. The van der Waals surface area contributed by atoms with Crippen molar-refractivity contribution >= 4 is 11.9 Å². The predicted octanol–water partition coefficient (Wildman–Crippen LogP) is 1.43. The lowest BCUT2D eigenvalue weighted by Gasteiger charge is -2.13. The molecule has 1 aromatic rings. The average Bonchev–Trinajstić information content (AvgIpc) is 3.19. The number of carbonyl (C=O) groups excluding carboxylic acids is 1. The fourth-order valence-electron chi connectivity index (χ4n) is 1.84. The van der Waals surface area contributed by atoms with Gasteiger partial charge in [-0.15, -0.1) is 0 Å². The highest BCUT2D eigenvalue weighted by atomic mass is 19.1. The molecule has 2 N–H and O–H groups in total. The van der Waals surface area contributed by atoms with Crippen molar-refractivity contribution in [1.82, 2.24) is 5.32 Å². The molecule has 1 atom stereocenters. The van der Waals surface area contributed by atoms with Gasteiger partial charge in [-0.3, -0.25) is 4.79 Å². The van der Waals surface area contributed by atoms with Gasteiger partial charge in [-0.05, 0) is 37.0 Å². The lowest BCUT2D eigenvalue weighted by Crippen LogP contribution is -2.42. The first-order valence-electron chi connectivity index (χ1n) is 5.90. The highest BCUT2D eigenvalue weighted by Crippen LogP contribution is 2.33. The summed E-state index contributed by atoms with van der Waals surface area (Å²) in [7, 11) is 1.33. The molecule has 1 amide bonds. The zero-order valence-corrected chi connectivity index (χ0v) is 10.4. The quantitative estimate of drug-likeness (QED) is 0.846. The Hall–Kier alpha value is -2.11. The van der Waals surface area contributed by atoms with E-state index in [2.05, 4.69) is 5.32 Å². The van der Waals surface area contributed by atoms with Crippen LogP contribution >= 0.6 is 0 Å². The average molecular weight is 267 g/mol. The van der Waals surface area contributed by atoms with E-state index in [0.717, 1.165) is 18.9 Å². The van der Waals surface area contributed by atoms with E-state index in [-0.39, 0.29) is 17.2 Å². The predicted molar refractivity (Wildman–Crippen MR) is 64.6 cm³/mol. The first kappa shape index (κ1) is 13.3. The van der Waals surface area contributed by atoms with Crippen molar-refractivity contribution in [1.29, 1.82) is 0 Å². The third-order valence-corrected chi connectivity index (χ3v) is 3.06. The van der Waals surface area contributed by atoms with E-state index in [1.54, 1.807) is 0 Å². The minimum absolute atomic E-state index is 0.0236. The molecule has 19 heavy (non-hydrogen) atoms. The van der Waals surface area contributed by atoms with Gasteiger partial charge in [-0.25, -0.2) is 9.18 Å². The molecule has 102 valence electrons. The summed E-state index contributed by atoms with van der Waals surface area (Å²) < 4.78 is 18.2. The van der Waals surface area contributed by atoms with Crippen LogP contribution in [0.5, 0.6) is 5.75 Å². The molecule has 2 rings (SSSR count). The second-order valence-electron chi connectivity index (χ2n) is 4.48. The normalized spacial score (nSPS) is 15.7. The number of hydrogen-bond acceptors (Lipinski definition) is 3. The number of methoxy groups -OCH3 is 1. The van der Waals surface area contributed by atoms with Gasteiger partial charge in [0.1, 0.15) is 6.04 Å². The van der Waals surface area contributed by atoms with Crippen molar-refractivity contribution in [3.63, 3.8) is 0 Å². The van der Waals surface area contributed by atoms with Gasteiger partial charge in [-0.2, -0.15) is 0 Å². The number of carbonyl (C=O) groups is 2. The number of carboxylic acids is 1. The molecule has 5 nitrogen and oxygen atoms in total. The highest BCUT2D eigenvalue weighted by Gasteiger charge is 2.37. The van der Waals surface area contributed by atoms with Crippen LogP contribution in [0.2, 0.25) is 0 Å². The fourth-order valence-corrected chi connectivity index (χ4v) is 1.84. The molecule has 6 heteroatoms. The summed E-state index contributed by atoms with van der Waals surface area (Å²) in [5, 5.41) is 11.4. The molecular weight excluding hydrogens is 253 g/mol. The van der Waals surface area contributed by atoms with Crippen LogP contribution < -0.4 is 10.1 Å². The molecule has 1 aliphatic carbocycles. The first-order valence-corrected chi connectivity index (χ1v) is 5.90. The van der Waals surface area contributed by atoms with Crippen LogP contribution in [0.25, 0.3) is 0 Å². The van der Waals surface area contributed by atoms with Crippen molar-refractivity contribution in [3.8, 4) is 5.75 Å². The molecule has 1 fully saturated rings. The Morgan fingerprint density at radius 3 is 2.63 bits per heavy atom. The number of carboxylic acid groups (broad SMARTS) is 1. The van der Waals surface area contributed by atoms with Crippen LogP contribution in [-0.2, 0) is 4.79 Å². The molecular formula is C13H14FNO4. The number of hydrogen-bond donors (Lipinski definition) is 2. The third kappa shape index (κ3) is 3.01. The van der Waals surface area contributed by atoms with E-state index < -0.39 is 23.7 Å². The minimum Gasteiger partial charge on any atom is -0.494 e. The molecule has 1 saturated carbocycles. The summed E-state index contributed by atoms with van der Waals surface area (Å²) >= 11 is 0. The van der Waals surface area contributed by atoms with E-state index in [1.807, 2.05) is 0 Å². The van der Waals surface area contributed by atoms with Crippen molar-refractivity contribution in [2.75, 3.05) is 7.11 Å². The summed E-state index contributed by atoms with van der Waals surface area (Å²) in [6.45, 7) is 0. The molecule has 0 spiro atoms. The Balaban J connectivity index is 2.10. The molecule has 0 saturated heterocycles. The Bertz CT molecular complexity index is 513. The number of nitrogens with one attached hydrogen (secondary N) is 1. The number of halogens is 1. The van der Waals surface area contributed by atoms with Gasteiger partial charge in [-0.1, -0.05) is 0 Å². The van der Waals surface area contributed by atoms with Crippen molar-refractivity contribution in [3.05, 3.63) is 29.6 Å². The van der Waals surface area contributed by atoms with Gasteiger partial charge in [0, 0.05) is 5.56 Å². The summed E-state index contributed by atoms with van der Waals surface area (Å²) in [6.07, 6.45) is 1.57. The maximum absolute atomic E-state index is 13.5. The standard InChI is InChI=1S/C13H14FNO4/c1-19-10-5-4-8(6-9(10)14)12(16)15-11(13(17)18)7-2-3-7/h4-7,11H,2-3H2,1H3,(H,15,16)(H,17,18). The van der Waals surface area contributed by atoms with Gasteiger partial charge in [0.2, 0.25) is 0 Å². The number of ether oxygens (including phenoxy) is 1. The van der Waals surface area contributed by atoms with Crippen LogP contribution in [0.1, 0.15) is 23.2 Å². The summed E-state index contributed by atoms with van der Waals surface area (Å²) in [4.78, 5) is 22.9. The van der Waals surface area contributed by atoms with Gasteiger partial charge >= 0.3 is 5.97 Å². The van der Waals surface area contributed by atoms with Gasteiger partial charge in [0.25, 0.3) is 5.91 Å². The van der Waals surface area contributed by atoms with Gasteiger partial charge in [0.15, 0.2) is 11.6 Å². The molecule has 0 aliphatic heterocycles. The molecule has 1 aromatic carbocycles. The largest absolute Gasteiger partial charge is 0.494 e. The maximum Gasteiger partial charge on any atom is 0.326 e. The lowest BCUT2D eigenvalue weighted by molar-refractivity contribution is -0.139.